The Morgan fingerprint density at radius 2 is 1.63 bits per heavy atom. The third-order valence-corrected chi connectivity index (χ3v) is 4.88. The molecule has 1 heterocycles. The van der Waals surface area contributed by atoms with Crippen molar-refractivity contribution < 1.29 is 51.4 Å². The van der Waals surface area contributed by atoms with Crippen LogP contribution in [0, 0.1) is 30.2 Å². The molecule has 0 aliphatic rings. The van der Waals surface area contributed by atoms with Gasteiger partial charge in [-0.15, -0.1) is 0 Å². The lowest BCUT2D eigenvalue weighted by Crippen LogP contribution is -2.52. The fraction of sp³-hybridized carbons (Fsp3) is 0.304. The molecule has 38 heavy (non-hydrogen) atoms. The number of anilines is 1. The van der Waals surface area contributed by atoms with Crippen LogP contribution in [0.25, 0.3) is 0 Å². The summed E-state index contributed by atoms with van der Waals surface area (Å²) in [5.74, 6) is -14.7. The van der Waals surface area contributed by atoms with E-state index in [-0.39, 0.29) is 11.9 Å². The second-order valence-electron chi connectivity index (χ2n) is 7.92. The standard InChI is InChI=1S/C23H22F4N4O7/c1-10-3-5-16(28-8-10)31-23(37)22(36)29-11(2)21(35)30-14(4-6-17(33)34)15(32)9-38-20-18(26)12(24)7-13(25)19(20)27/h3,5,7-8,11,14H,4,6,9H2,1-2H3,(H,29,36)(H,30,35)(H,33,34)(H,28,31,37)/t11-,14-/m0/s1. The number of aryl methyl sites for hydroxylation is 1. The number of Topliss-reactive ketones (excluding diaryl/α,β-unsaturated/α-hetero) is 1. The van der Waals surface area contributed by atoms with E-state index in [1.165, 1.54) is 12.3 Å². The highest BCUT2D eigenvalue weighted by Crippen LogP contribution is 2.26. The number of aliphatic carboxylic acids is 1. The average Bonchev–Trinajstić information content (AvgIpc) is 2.86. The number of carboxylic acids is 1. The Balaban J connectivity index is 2.03. The number of carbonyl (C=O) groups excluding carboxylic acids is 4. The number of nitrogens with zero attached hydrogens (tertiary/aromatic N) is 1. The Hall–Kier alpha value is -4.56. The largest absolute Gasteiger partial charge is 0.481 e. The molecule has 0 radical (unpaired) electrons. The molecule has 204 valence electrons. The third-order valence-electron chi connectivity index (χ3n) is 4.88. The summed E-state index contributed by atoms with van der Waals surface area (Å²) in [5, 5.41) is 15.3. The van der Waals surface area contributed by atoms with Gasteiger partial charge in [0.2, 0.25) is 17.5 Å². The molecule has 11 nitrogen and oxygen atoms in total. The van der Waals surface area contributed by atoms with E-state index in [1.807, 2.05) is 0 Å². The number of nitrogens with one attached hydrogen (secondary N) is 3. The Bertz CT molecular complexity index is 1220. The van der Waals surface area contributed by atoms with Crippen LogP contribution in [0.3, 0.4) is 0 Å². The van der Waals surface area contributed by atoms with Crippen molar-refractivity contribution in [1.29, 1.82) is 0 Å². The van der Waals surface area contributed by atoms with Gasteiger partial charge in [0.05, 0.1) is 6.04 Å². The summed E-state index contributed by atoms with van der Waals surface area (Å²) >= 11 is 0. The highest BCUT2D eigenvalue weighted by Gasteiger charge is 2.28. The first-order valence-electron chi connectivity index (χ1n) is 10.8. The molecule has 0 fully saturated rings. The van der Waals surface area contributed by atoms with Crippen LogP contribution in [0.1, 0.15) is 25.3 Å². The van der Waals surface area contributed by atoms with Crippen molar-refractivity contribution in [3.05, 3.63) is 53.2 Å². The summed E-state index contributed by atoms with van der Waals surface area (Å²) in [6.45, 7) is 1.71. The van der Waals surface area contributed by atoms with Crippen molar-refractivity contribution in [2.75, 3.05) is 11.9 Å². The minimum atomic E-state index is -1.90. The van der Waals surface area contributed by atoms with Gasteiger partial charge < -0.3 is 25.8 Å². The minimum absolute atomic E-state index is 0.0670. The number of benzene rings is 1. The zero-order chi connectivity index (χ0) is 28.6. The molecule has 2 aromatic rings. The monoisotopic (exact) mass is 542 g/mol. The summed E-state index contributed by atoms with van der Waals surface area (Å²) < 4.78 is 58.8. The predicted molar refractivity (Wildman–Crippen MR) is 121 cm³/mol. The lowest BCUT2D eigenvalue weighted by atomic mass is 10.1. The van der Waals surface area contributed by atoms with Gasteiger partial charge in [0.25, 0.3) is 0 Å². The summed E-state index contributed by atoms with van der Waals surface area (Å²) in [6, 6.07) is -0.0154. The molecule has 0 bridgehead atoms. The number of ketones is 1. The van der Waals surface area contributed by atoms with Crippen LogP contribution >= 0.6 is 0 Å². The molecule has 15 heteroatoms. The molecule has 1 aromatic carbocycles. The first-order chi connectivity index (χ1) is 17.8. The van der Waals surface area contributed by atoms with E-state index in [0.717, 1.165) is 12.5 Å². The maximum Gasteiger partial charge on any atom is 0.314 e. The lowest BCUT2D eigenvalue weighted by molar-refractivity contribution is -0.139. The smallest absolute Gasteiger partial charge is 0.314 e. The van der Waals surface area contributed by atoms with Crippen LogP contribution < -0.4 is 20.7 Å². The molecule has 1 aromatic heterocycles. The molecule has 0 aliphatic heterocycles. The Kier molecular flexibility index (Phi) is 10.2. The molecule has 4 N–H and O–H groups in total. The van der Waals surface area contributed by atoms with E-state index in [1.54, 1.807) is 13.0 Å². The number of rotatable bonds is 11. The molecule has 2 atom stereocenters. The quantitative estimate of drug-likeness (QED) is 0.188. The summed E-state index contributed by atoms with van der Waals surface area (Å²) in [4.78, 5) is 64.0. The van der Waals surface area contributed by atoms with Gasteiger partial charge in [0.15, 0.2) is 23.2 Å². The van der Waals surface area contributed by atoms with Crippen molar-refractivity contribution in [1.82, 2.24) is 15.6 Å². The third kappa shape index (κ3) is 8.25. The molecule has 0 spiro atoms. The zero-order valence-electron chi connectivity index (χ0n) is 19.9. The molecule has 3 amide bonds. The number of carbonyl (C=O) groups is 5. The van der Waals surface area contributed by atoms with Crippen LogP contribution in [-0.4, -0.2) is 58.3 Å². The van der Waals surface area contributed by atoms with E-state index in [4.69, 9.17) is 5.11 Å². The van der Waals surface area contributed by atoms with Crippen LogP contribution in [0.15, 0.2) is 24.4 Å². The van der Waals surface area contributed by atoms with Crippen LogP contribution in [-0.2, 0) is 24.0 Å². The zero-order valence-corrected chi connectivity index (χ0v) is 19.9. The summed E-state index contributed by atoms with van der Waals surface area (Å²) in [6.07, 6.45) is 0.293. The molecule has 0 saturated carbocycles. The first-order valence-corrected chi connectivity index (χ1v) is 10.8. The maximum atomic E-state index is 13.8. The molecule has 0 saturated heterocycles. The number of ether oxygens (including phenoxy) is 1. The highest BCUT2D eigenvalue weighted by atomic mass is 19.2. The number of aromatic nitrogens is 1. The number of hydrogen-bond acceptors (Lipinski definition) is 7. The van der Waals surface area contributed by atoms with Gasteiger partial charge in [-0.25, -0.2) is 13.8 Å². The number of amides is 3. The van der Waals surface area contributed by atoms with Crippen LogP contribution in [0.2, 0.25) is 0 Å². The normalized spacial score (nSPS) is 12.2. The van der Waals surface area contributed by atoms with Crippen molar-refractivity contribution in [3.63, 3.8) is 0 Å². The number of carboxylic acid groups (broad SMARTS) is 1. The van der Waals surface area contributed by atoms with Crippen LogP contribution in [0.5, 0.6) is 5.75 Å². The van der Waals surface area contributed by atoms with E-state index in [9.17, 15) is 41.5 Å². The topological polar surface area (TPSA) is 164 Å². The molecular weight excluding hydrogens is 520 g/mol. The summed E-state index contributed by atoms with van der Waals surface area (Å²) in [5.41, 5.74) is 0.800. The van der Waals surface area contributed by atoms with Gasteiger partial charge in [-0.05, 0) is 31.9 Å². The van der Waals surface area contributed by atoms with E-state index in [2.05, 4.69) is 25.7 Å². The van der Waals surface area contributed by atoms with E-state index in [0.29, 0.717) is 0 Å². The molecule has 0 unspecified atom stereocenters. The Labute approximate surface area is 212 Å². The van der Waals surface area contributed by atoms with Gasteiger partial charge in [0.1, 0.15) is 18.5 Å². The highest BCUT2D eigenvalue weighted by molar-refractivity contribution is 6.39. The number of hydrogen-bond donors (Lipinski definition) is 4. The van der Waals surface area contributed by atoms with E-state index < -0.39 is 90.0 Å². The number of halogens is 4. The second-order valence-corrected chi connectivity index (χ2v) is 7.92. The maximum absolute atomic E-state index is 13.8. The van der Waals surface area contributed by atoms with Gasteiger partial charge in [-0.3, -0.25) is 24.0 Å². The van der Waals surface area contributed by atoms with Crippen LogP contribution in [0.4, 0.5) is 23.4 Å². The second kappa shape index (κ2) is 13.1. The summed E-state index contributed by atoms with van der Waals surface area (Å²) in [7, 11) is 0. The Morgan fingerprint density at radius 3 is 2.18 bits per heavy atom. The lowest BCUT2D eigenvalue weighted by Gasteiger charge is -2.20. The van der Waals surface area contributed by atoms with Crippen molar-refractivity contribution in [3.8, 4) is 5.75 Å². The molecular formula is C23H22F4N4O7. The SMILES string of the molecule is Cc1ccc(NC(=O)C(=O)N[C@@H](C)C(=O)N[C@@H](CCC(=O)O)C(=O)COc2c(F)c(F)cc(F)c2F)nc1. The fourth-order valence-electron chi connectivity index (χ4n) is 2.84. The molecule has 2 rings (SSSR count). The Morgan fingerprint density at radius 1 is 1.00 bits per heavy atom. The fourth-order valence-corrected chi connectivity index (χ4v) is 2.84. The van der Waals surface area contributed by atoms with E-state index >= 15 is 0 Å². The van der Waals surface area contributed by atoms with Gasteiger partial charge in [-0.2, -0.15) is 8.78 Å². The van der Waals surface area contributed by atoms with Crippen molar-refractivity contribution in [2.45, 2.75) is 38.8 Å². The van der Waals surface area contributed by atoms with Gasteiger partial charge >= 0.3 is 17.8 Å². The van der Waals surface area contributed by atoms with Crippen molar-refractivity contribution in [2.24, 2.45) is 0 Å². The van der Waals surface area contributed by atoms with Gasteiger partial charge in [0, 0.05) is 18.7 Å². The van der Waals surface area contributed by atoms with Crippen molar-refractivity contribution >= 4 is 35.3 Å². The average molecular weight is 542 g/mol. The molecule has 0 aliphatic carbocycles. The predicted octanol–water partition coefficient (Wildman–Crippen LogP) is 1.39. The first kappa shape index (κ1) is 29.7. The number of pyridine rings is 1. The van der Waals surface area contributed by atoms with Gasteiger partial charge in [-0.1, -0.05) is 6.07 Å². The minimum Gasteiger partial charge on any atom is -0.481 e.